The number of anilines is 3. The van der Waals surface area contributed by atoms with E-state index in [0.717, 1.165) is 0 Å². The number of hydrogen-bond acceptors (Lipinski definition) is 26. The Kier molecular flexibility index (Phi) is 19.6. The van der Waals surface area contributed by atoms with Gasteiger partial charge in [0.05, 0.1) is 62.9 Å². The number of carbonyl (C=O) groups excluding carboxylic acids is 2. The van der Waals surface area contributed by atoms with Crippen LogP contribution in [0.1, 0.15) is 53.3 Å². The molecule has 0 aromatic carbocycles. The van der Waals surface area contributed by atoms with Crippen LogP contribution in [0.5, 0.6) is 0 Å². The van der Waals surface area contributed by atoms with Crippen molar-refractivity contribution < 1.29 is 66.9 Å². The quantitative estimate of drug-likeness (QED) is 0.0301. The third kappa shape index (κ3) is 14.9. The molecule has 29 nitrogen and oxygen atoms in total. The number of nitrogens with zero attached hydrogens (tertiary/aromatic N) is 9. The number of H-pyrrole nitrogens is 1. The zero-order valence-corrected chi connectivity index (χ0v) is 40.3. The minimum absolute atomic E-state index is 0.00659. The topological polar surface area (TPSA) is 406 Å². The van der Waals surface area contributed by atoms with E-state index in [2.05, 4.69) is 41.5 Å². The summed E-state index contributed by atoms with van der Waals surface area (Å²) in [5.74, 6) is 0.682. The fraction of sp³-hybridized carbons (Fsp3) is 0.538. The highest BCUT2D eigenvalue weighted by atomic mass is 32.2. The summed E-state index contributed by atoms with van der Waals surface area (Å²) in [6.45, 7) is 10.7. The van der Waals surface area contributed by atoms with Crippen LogP contribution in [-0.4, -0.2) is 145 Å². The Labute approximate surface area is 402 Å². The number of aliphatic hydroxyl groups excluding tert-OH is 3. The van der Waals surface area contributed by atoms with E-state index in [9.17, 15) is 34.0 Å². The molecule has 2 fully saturated rings. The number of thioether (sulfide) groups is 1. The molecule has 384 valence electrons. The molecule has 7 rings (SSSR count). The average Bonchev–Trinajstić information content (AvgIpc) is 4.09. The van der Waals surface area contributed by atoms with Gasteiger partial charge in [-0.15, -0.1) is 11.8 Å². The summed E-state index contributed by atoms with van der Waals surface area (Å²) in [6, 6.07) is 1.28. The number of imidazole rings is 2. The average molecular weight is 1030 g/mol. The van der Waals surface area contributed by atoms with Crippen LogP contribution in [-0.2, 0) is 48.6 Å². The van der Waals surface area contributed by atoms with Crippen molar-refractivity contribution in [2.75, 3.05) is 56.1 Å². The van der Waals surface area contributed by atoms with E-state index in [1.807, 2.05) is 0 Å². The van der Waals surface area contributed by atoms with Gasteiger partial charge in [-0.05, 0) is 52.7 Å². The lowest BCUT2D eigenvalue weighted by atomic mass is 10.0. The molecule has 5 aromatic heterocycles. The van der Waals surface area contributed by atoms with E-state index in [0.29, 0.717) is 34.6 Å². The fourth-order valence-electron chi connectivity index (χ4n) is 6.53. The van der Waals surface area contributed by atoms with Crippen LogP contribution < -0.4 is 28.5 Å². The summed E-state index contributed by atoms with van der Waals surface area (Å²) in [6.07, 6.45) is 1.25. The number of rotatable bonds is 17. The van der Waals surface area contributed by atoms with Crippen molar-refractivity contribution in [1.82, 2.24) is 48.6 Å². The highest BCUT2D eigenvalue weighted by Crippen LogP contribution is 2.48. The predicted molar refractivity (Wildman–Crippen MR) is 248 cm³/mol. The van der Waals surface area contributed by atoms with Crippen molar-refractivity contribution in [3.63, 3.8) is 0 Å². The molecule has 6 heterocycles. The number of aromatic amines is 1. The van der Waals surface area contributed by atoms with Crippen LogP contribution >= 0.6 is 19.4 Å². The van der Waals surface area contributed by atoms with Crippen molar-refractivity contribution >= 4 is 71.6 Å². The molecular weight excluding hydrogens is 970 g/mol. The normalized spacial score (nSPS) is 19.4. The smallest absolute Gasteiger partial charge is 0.432 e. The van der Waals surface area contributed by atoms with Crippen molar-refractivity contribution in [2.24, 2.45) is 5.92 Å². The van der Waals surface area contributed by atoms with E-state index >= 15 is 0 Å². The van der Waals surface area contributed by atoms with Gasteiger partial charge in [0, 0.05) is 17.9 Å². The first kappa shape index (κ1) is 54.7. The third-order valence-corrected chi connectivity index (χ3v) is 12.4. The van der Waals surface area contributed by atoms with E-state index in [4.69, 9.17) is 59.8 Å². The second kappa shape index (κ2) is 25.0. The summed E-state index contributed by atoms with van der Waals surface area (Å²) in [7, 11) is -4.06. The maximum Gasteiger partial charge on any atom is 0.510 e. The Morgan fingerprint density at radius 1 is 0.929 bits per heavy atom. The van der Waals surface area contributed by atoms with Gasteiger partial charge in [-0.1, -0.05) is 6.58 Å². The standard InChI is InChI=1S/C19H30N5O10P.C12H15N5O3.C8H11N3O3S/c1-12(2)33-18(25)28-9-31-35(27,32-10-29-19(26)34-13(3)4)11-30-14(5)6-24-8-23-15-16(20)21-7-22-17(15)24;1-5-6(3-18)8(19)2-7(5)17-4-14-9-10(17)15-12(13)16-11(9)20;9-5-1-2-11(8(13)10-5)6-4-15-7(3-12)14-6/h7-8,12-14H,6,9-11H2,1-5H3,(H2,20,21,22);4,6-8,18-19H,1-3H2,(H3,13,15,16,20);1-2,6-7,12H,3-4H2,(H2,9,10,13)/t14-;6-,7-,8-;6-,7+/m100/s1. The Bertz CT molecular complexity index is 2700. The Morgan fingerprint density at radius 3 is 2.17 bits per heavy atom. The first-order valence-electron chi connectivity index (χ1n) is 21.2. The maximum absolute atomic E-state index is 13.1. The van der Waals surface area contributed by atoms with Crippen LogP contribution in [0.15, 0.2) is 53.0 Å². The van der Waals surface area contributed by atoms with Gasteiger partial charge in [0.2, 0.25) is 19.5 Å². The number of nitrogen functional groups attached to an aromatic ring is 3. The molecule has 0 bridgehead atoms. The molecule has 0 radical (unpaired) electrons. The van der Waals surface area contributed by atoms with Crippen molar-refractivity contribution in [3.8, 4) is 0 Å². The number of nitrogens with two attached hydrogens (primary N) is 3. The van der Waals surface area contributed by atoms with Crippen LogP contribution in [0, 0.1) is 5.92 Å². The van der Waals surface area contributed by atoms with Crippen LogP contribution in [0.25, 0.3) is 22.3 Å². The summed E-state index contributed by atoms with van der Waals surface area (Å²) in [5, 5.41) is 28.1. The summed E-state index contributed by atoms with van der Waals surface area (Å²) in [4.78, 5) is 72.5. The molecule has 1 saturated heterocycles. The van der Waals surface area contributed by atoms with E-state index < -0.39 is 75.5 Å². The van der Waals surface area contributed by atoms with Gasteiger partial charge in [0.15, 0.2) is 22.6 Å². The largest absolute Gasteiger partial charge is 0.510 e. The van der Waals surface area contributed by atoms with Gasteiger partial charge in [-0.3, -0.25) is 28.0 Å². The molecule has 0 unspecified atom stereocenters. The second-order valence-electron chi connectivity index (χ2n) is 15.7. The minimum Gasteiger partial charge on any atom is -0.432 e. The number of ether oxygens (including phenoxy) is 6. The van der Waals surface area contributed by atoms with E-state index in [1.54, 1.807) is 56.0 Å². The minimum atomic E-state index is -4.06. The number of carbonyl (C=O) groups is 2. The number of nitrogens with one attached hydrogen (secondary N) is 1. The zero-order valence-electron chi connectivity index (χ0n) is 38.6. The highest BCUT2D eigenvalue weighted by molar-refractivity contribution is 8.00. The van der Waals surface area contributed by atoms with Gasteiger partial charge in [0.1, 0.15) is 35.7 Å². The predicted octanol–water partition coefficient (Wildman–Crippen LogP) is 1.61. The molecule has 1 saturated carbocycles. The fourth-order valence-corrected chi connectivity index (χ4v) is 8.54. The first-order chi connectivity index (χ1) is 33.2. The van der Waals surface area contributed by atoms with Gasteiger partial charge < -0.3 is 70.1 Å². The molecular formula is C39H56N13O16PS. The third-order valence-electron chi connectivity index (χ3n) is 9.78. The van der Waals surface area contributed by atoms with Crippen molar-refractivity contribution in [1.29, 1.82) is 0 Å². The van der Waals surface area contributed by atoms with Crippen molar-refractivity contribution in [3.05, 3.63) is 64.2 Å². The lowest BCUT2D eigenvalue weighted by Crippen LogP contribution is -2.28. The molecule has 1 aliphatic carbocycles. The van der Waals surface area contributed by atoms with Crippen LogP contribution in [0.2, 0.25) is 0 Å². The number of aliphatic hydroxyl groups is 3. The van der Waals surface area contributed by atoms with Crippen LogP contribution in [0.3, 0.4) is 0 Å². The highest BCUT2D eigenvalue weighted by Gasteiger charge is 2.38. The van der Waals surface area contributed by atoms with E-state index in [1.165, 1.54) is 35.3 Å². The monoisotopic (exact) mass is 1030 g/mol. The van der Waals surface area contributed by atoms with E-state index in [-0.39, 0.29) is 66.5 Å². The summed E-state index contributed by atoms with van der Waals surface area (Å²) < 4.78 is 58.1. The molecule has 0 spiro atoms. The number of hydrogen-bond donors (Lipinski definition) is 7. The molecule has 1 aliphatic heterocycles. The molecule has 10 N–H and O–H groups in total. The molecule has 5 aromatic rings. The molecule has 6 atom stereocenters. The summed E-state index contributed by atoms with van der Waals surface area (Å²) in [5.41, 5.74) is 17.8. The van der Waals surface area contributed by atoms with Gasteiger partial charge in [-0.2, -0.15) is 9.97 Å². The Hall–Kier alpha value is -6.24. The summed E-state index contributed by atoms with van der Waals surface area (Å²) >= 11 is 1.47. The Balaban J connectivity index is 0.000000217. The lowest BCUT2D eigenvalue weighted by molar-refractivity contribution is -0.0369. The van der Waals surface area contributed by atoms with Gasteiger partial charge in [-0.25, -0.2) is 34.3 Å². The molecule has 0 amide bonds. The van der Waals surface area contributed by atoms with Crippen LogP contribution in [0.4, 0.5) is 27.2 Å². The number of fused-ring (bicyclic) bond motifs is 2. The zero-order chi connectivity index (χ0) is 51.3. The lowest BCUT2D eigenvalue weighted by Gasteiger charge is -2.21. The van der Waals surface area contributed by atoms with Gasteiger partial charge >= 0.3 is 25.6 Å². The molecule has 31 heteroatoms. The first-order valence-corrected chi connectivity index (χ1v) is 24.0. The SMILES string of the molecule is C=C1[C@H](CO)[C@@H](O)C[C@@H]1n1cnc2c(=O)[nH]c(N)nc21.CC(C)OC(=O)OCOP(=O)(CO[C@H](C)Cn1cnc2c(N)ncnc21)OCOC(=O)OC(C)C.Nc1ccn([C@@H]2CS[C@H](CO)O2)c(=O)n1. The van der Waals surface area contributed by atoms with Gasteiger partial charge in [0.25, 0.3) is 5.56 Å². The second-order valence-corrected chi connectivity index (χ2v) is 18.9. The number of aromatic nitrogens is 10. The molecule has 2 aliphatic rings. The Morgan fingerprint density at radius 2 is 1.59 bits per heavy atom. The van der Waals surface area contributed by atoms with Crippen molar-refractivity contribution in [2.45, 2.75) is 89.7 Å². The maximum atomic E-state index is 13.1. The molecule has 70 heavy (non-hydrogen) atoms.